The highest BCUT2D eigenvalue weighted by Gasteiger charge is 2.31. The second-order valence-electron chi connectivity index (χ2n) is 5.57. The molecule has 10 heteroatoms. The molecule has 1 atom stereocenters. The third-order valence-electron chi connectivity index (χ3n) is 3.66. The van der Waals surface area contributed by atoms with Gasteiger partial charge in [-0.05, 0) is 41.8 Å². The van der Waals surface area contributed by atoms with E-state index in [2.05, 4.69) is 4.72 Å². The van der Waals surface area contributed by atoms with Crippen LogP contribution in [0.25, 0.3) is 9.75 Å². The van der Waals surface area contributed by atoms with Crippen LogP contribution in [0.3, 0.4) is 0 Å². The normalized spacial score (nSPS) is 13.6. The average Bonchev–Trinajstić information content (AvgIpc) is 3.30. The maximum atomic E-state index is 12.8. The van der Waals surface area contributed by atoms with Gasteiger partial charge in [0.2, 0.25) is 10.0 Å². The van der Waals surface area contributed by atoms with Crippen molar-refractivity contribution in [2.75, 3.05) is 6.54 Å². The van der Waals surface area contributed by atoms with Gasteiger partial charge in [0.25, 0.3) is 0 Å². The Morgan fingerprint density at radius 1 is 1.07 bits per heavy atom. The zero-order valence-corrected chi connectivity index (χ0v) is 16.1. The maximum Gasteiger partial charge on any atom is 0.416 e. The number of aliphatic hydroxyl groups excluding tert-OH is 1. The number of aliphatic hydroxyl groups is 1. The molecule has 0 saturated carbocycles. The van der Waals surface area contributed by atoms with Gasteiger partial charge in [0.05, 0.1) is 10.5 Å². The third-order valence-corrected chi connectivity index (χ3v) is 7.33. The number of benzene rings is 1. The third kappa shape index (κ3) is 4.77. The highest BCUT2D eigenvalue weighted by atomic mass is 32.2. The SMILES string of the molecule is O=S(=O)(NCC(O)c1ccc(-c2cccs2)s1)c1cccc(C(F)(F)F)c1. The quantitative estimate of drug-likeness (QED) is 0.601. The van der Waals surface area contributed by atoms with Crippen molar-refractivity contribution in [3.8, 4) is 9.75 Å². The van der Waals surface area contributed by atoms with Crippen molar-refractivity contribution in [3.63, 3.8) is 0 Å². The highest BCUT2D eigenvalue weighted by molar-refractivity contribution is 7.89. The number of sulfonamides is 1. The van der Waals surface area contributed by atoms with Crippen LogP contribution in [-0.2, 0) is 16.2 Å². The monoisotopic (exact) mass is 433 g/mol. The first-order valence-electron chi connectivity index (χ1n) is 7.65. The summed E-state index contributed by atoms with van der Waals surface area (Å²) in [5, 5.41) is 12.2. The average molecular weight is 433 g/mol. The molecule has 0 spiro atoms. The lowest BCUT2D eigenvalue weighted by molar-refractivity contribution is -0.137. The smallest absolute Gasteiger partial charge is 0.386 e. The minimum Gasteiger partial charge on any atom is -0.386 e. The molecule has 27 heavy (non-hydrogen) atoms. The number of hydrogen-bond acceptors (Lipinski definition) is 5. The fourth-order valence-electron chi connectivity index (χ4n) is 2.30. The van der Waals surface area contributed by atoms with Gasteiger partial charge in [-0.15, -0.1) is 22.7 Å². The zero-order chi connectivity index (χ0) is 19.7. The van der Waals surface area contributed by atoms with Crippen LogP contribution in [0.5, 0.6) is 0 Å². The summed E-state index contributed by atoms with van der Waals surface area (Å²) < 4.78 is 64.9. The Bertz CT molecular complexity index is 1010. The van der Waals surface area contributed by atoms with Crippen molar-refractivity contribution < 1.29 is 26.7 Å². The van der Waals surface area contributed by atoms with Gasteiger partial charge in [-0.3, -0.25) is 0 Å². The van der Waals surface area contributed by atoms with E-state index in [1.54, 1.807) is 17.4 Å². The van der Waals surface area contributed by atoms with Crippen LogP contribution in [0, 0.1) is 0 Å². The Kier molecular flexibility index (Phi) is 5.73. The molecule has 0 bridgehead atoms. The summed E-state index contributed by atoms with van der Waals surface area (Å²) in [5.41, 5.74) is -1.05. The number of nitrogens with one attached hydrogen (secondary N) is 1. The lowest BCUT2D eigenvalue weighted by Gasteiger charge is -2.12. The summed E-state index contributed by atoms with van der Waals surface area (Å²) in [4.78, 5) is 2.03. The summed E-state index contributed by atoms with van der Waals surface area (Å²) in [6, 6.07) is 10.8. The zero-order valence-electron chi connectivity index (χ0n) is 13.6. The summed E-state index contributed by atoms with van der Waals surface area (Å²) >= 11 is 2.87. The maximum absolute atomic E-state index is 12.8. The van der Waals surface area contributed by atoms with Gasteiger partial charge in [-0.25, -0.2) is 13.1 Å². The number of alkyl halides is 3. The van der Waals surface area contributed by atoms with E-state index >= 15 is 0 Å². The molecular weight excluding hydrogens is 419 g/mol. The minimum absolute atomic E-state index is 0.344. The number of thiophene rings is 2. The Morgan fingerprint density at radius 2 is 1.85 bits per heavy atom. The van der Waals surface area contributed by atoms with Crippen LogP contribution in [0.1, 0.15) is 16.5 Å². The van der Waals surface area contributed by atoms with Gasteiger partial charge >= 0.3 is 6.18 Å². The van der Waals surface area contributed by atoms with Crippen molar-refractivity contribution in [2.45, 2.75) is 17.2 Å². The Balaban J connectivity index is 1.70. The lowest BCUT2D eigenvalue weighted by atomic mass is 10.2. The van der Waals surface area contributed by atoms with Crippen LogP contribution in [0.4, 0.5) is 13.2 Å². The predicted molar refractivity (Wildman–Crippen MR) is 99.2 cm³/mol. The van der Waals surface area contributed by atoms with Gasteiger partial charge in [0.15, 0.2) is 0 Å². The summed E-state index contributed by atoms with van der Waals surface area (Å²) in [6.07, 6.45) is -5.75. The molecule has 0 amide bonds. The molecule has 144 valence electrons. The first-order valence-corrected chi connectivity index (χ1v) is 10.8. The molecule has 2 N–H and O–H groups in total. The van der Waals surface area contributed by atoms with E-state index in [0.717, 1.165) is 28.0 Å². The predicted octanol–water partition coefficient (Wildman–Crippen LogP) is 4.51. The number of hydrogen-bond donors (Lipinski definition) is 2. The van der Waals surface area contributed by atoms with Crippen LogP contribution < -0.4 is 4.72 Å². The summed E-state index contributed by atoms with van der Waals surface area (Å²) in [5.74, 6) is 0. The van der Waals surface area contributed by atoms with Gasteiger partial charge in [0, 0.05) is 21.2 Å². The van der Waals surface area contributed by atoms with Gasteiger partial charge in [-0.1, -0.05) is 12.1 Å². The van der Waals surface area contributed by atoms with Crippen molar-refractivity contribution in [1.82, 2.24) is 4.72 Å². The number of halogens is 3. The molecule has 0 aliphatic carbocycles. The largest absolute Gasteiger partial charge is 0.416 e. The molecule has 1 aromatic carbocycles. The van der Waals surface area contributed by atoms with E-state index in [-0.39, 0.29) is 6.54 Å². The highest BCUT2D eigenvalue weighted by Crippen LogP contribution is 2.34. The summed E-state index contributed by atoms with van der Waals surface area (Å²) in [7, 11) is -4.19. The molecular formula is C17H14F3NO3S3. The van der Waals surface area contributed by atoms with Crippen LogP contribution in [-0.4, -0.2) is 20.1 Å². The van der Waals surface area contributed by atoms with Crippen molar-refractivity contribution in [3.05, 3.63) is 64.4 Å². The first kappa shape index (κ1) is 20.0. The first-order chi connectivity index (χ1) is 12.7. The van der Waals surface area contributed by atoms with E-state index in [1.165, 1.54) is 11.3 Å². The van der Waals surface area contributed by atoms with E-state index in [4.69, 9.17) is 0 Å². The molecule has 1 unspecified atom stereocenters. The van der Waals surface area contributed by atoms with E-state index < -0.39 is 32.8 Å². The Hall–Kier alpha value is -1.72. The van der Waals surface area contributed by atoms with Gasteiger partial charge in [0.1, 0.15) is 6.10 Å². The Morgan fingerprint density at radius 3 is 2.52 bits per heavy atom. The standard InChI is InChI=1S/C17H14F3NO3S3/c18-17(19,20)11-3-1-4-12(9-11)27(23,24)21-10-13(22)14-6-7-16(26-14)15-5-2-8-25-15/h1-9,13,21-22H,10H2. The Labute approximate surface area is 162 Å². The van der Waals surface area contributed by atoms with Crippen molar-refractivity contribution in [1.29, 1.82) is 0 Å². The molecule has 2 heterocycles. The molecule has 0 fully saturated rings. The molecule has 0 aliphatic rings. The summed E-state index contributed by atoms with van der Waals surface area (Å²) in [6.45, 7) is -0.344. The van der Waals surface area contributed by atoms with Gasteiger partial charge < -0.3 is 5.11 Å². The molecule has 2 aromatic heterocycles. The fourth-order valence-corrected chi connectivity index (χ4v) is 5.21. The van der Waals surface area contributed by atoms with Crippen molar-refractivity contribution in [2.24, 2.45) is 0 Å². The van der Waals surface area contributed by atoms with E-state index in [0.29, 0.717) is 10.9 Å². The molecule has 3 rings (SSSR count). The molecule has 3 aromatic rings. The number of rotatable bonds is 6. The molecule has 0 aliphatic heterocycles. The van der Waals surface area contributed by atoms with Crippen LogP contribution in [0.2, 0.25) is 0 Å². The second kappa shape index (κ2) is 7.72. The van der Waals surface area contributed by atoms with Crippen LogP contribution in [0.15, 0.2) is 58.8 Å². The van der Waals surface area contributed by atoms with Crippen LogP contribution >= 0.6 is 22.7 Å². The second-order valence-corrected chi connectivity index (χ2v) is 9.40. The molecule has 0 saturated heterocycles. The van der Waals surface area contributed by atoms with Gasteiger partial charge in [-0.2, -0.15) is 13.2 Å². The minimum atomic E-state index is -4.64. The topological polar surface area (TPSA) is 66.4 Å². The van der Waals surface area contributed by atoms with E-state index in [1.807, 2.05) is 23.6 Å². The molecule has 0 radical (unpaired) electrons. The molecule has 4 nitrogen and oxygen atoms in total. The van der Waals surface area contributed by atoms with Crippen molar-refractivity contribution >= 4 is 32.7 Å². The van der Waals surface area contributed by atoms with E-state index in [9.17, 15) is 26.7 Å². The lowest BCUT2D eigenvalue weighted by Crippen LogP contribution is -2.28. The fraction of sp³-hybridized carbons (Fsp3) is 0.176.